The highest BCUT2D eigenvalue weighted by Gasteiger charge is 2.24. The summed E-state index contributed by atoms with van der Waals surface area (Å²) >= 11 is 3.69. The number of anilines is 5. The van der Waals surface area contributed by atoms with E-state index in [9.17, 15) is 0 Å². The van der Waals surface area contributed by atoms with E-state index in [1.165, 1.54) is 122 Å². The smallest absolute Gasteiger partial charge is 0.0640 e. The van der Waals surface area contributed by atoms with E-state index in [0.29, 0.717) is 0 Å². The first kappa shape index (κ1) is 62.1. The van der Waals surface area contributed by atoms with Gasteiger partial charge in [0.05, 0.1) is 10.4 Å². The number of nitrogens with zero attached hydrogens (tertiary/aromatic N) is 2. The topological polar surface area (TPSA) is 6.48 Å². The average Bonchev–Trinajstić information content (AvgIpc) is 0.998. The molecule has 0 atom stereocenters. The fourth-order valence-electron chi connectivity index (χ4n) is 15.8. The quantitative estimate of drug-likeness (QED) is 0.0746. The van der Waals surface area contributed by atoms with Gasteiger partial charge in [-0.05, 0) is 200 Å². The lowest BCUT2D eigenvalue weighted by Gasteiger charge is -2.27. The molecule has 19 rings (SSSR count). The fraction of sp³-hybridized carbons (Fsp3) is 0. The van der Waals surface area contributed by atoms with Crippen LogP contribution in [0.5, 0.6) is 0 Å². The molecular formula is C100H66N2S2. The average molecular weight is 1360 g/mol. The van der Waals surface area contributed by atoms with Crippen molar-refractivity contribution in [3.63, 3.8) is 0 Å². The van der Waals surface area contributed by atoms with Crippen molar-refractivity contribution in [3.8, 4) is 66.8 Å². The van der Waals surface area contributed by atoms with E-state index in [1.54, 1.807) is 0 Å². The molecule has 2 nitrogen and oxygen atoms in total. The second kappa shape index (κ2) is 26.5. The standard InChI is InChI=1S/C100H66N2S2/c1-66(101(92-46-24-45-91-85-40-19-21-48-94(85)104-100(91)92)76-57-51-71(52-58-76)97-88-42-15-11-36-81(88)80-35-10-14-41-87(80)96(97)70-30-6-3-7-31-70)25-8-9-26-67-27-22-32-73(63-67)74-33-23-34-75(64-74)99-90-44-17-13-38-83(90)82-37-12-16-43-89(82)98(99)72-53-59-78(60-54-72)102(77-55-49-69(50-56-77)68-28-4-2-5-29-68)79-61-62-86-84-39-18-20-47-93(84)103-95(86)65-79/h2-65H,1H2/b25-8-,26-9+. The normalized spacial score (nSPS) is 11.8. The van der Waals surface area contributed by atoms with Crippen LogP contribution in [0.3, 0.4) is 0 Å². The third-order valence-corrected chi connectivity index (χ3v) is 22.9. The van der Waals surface area contributed by atoms with Crippen molar-refractivity contribution in [3.05, 3.63) is 400 Å². The molecule has 0 saturated heterocycles. The van der Waals surface area contributed by atoms with Crippen LogP contribution in [0.2, 0.25) is 0 Å². The Bertz CT molecular complexity index is 6600. The summed E-state index contributed by atoms with van der Waals surface area (Å²) < 4.78 is 5.04. The number of allylic oxidation sites excluding steroid dienone is 3. The van der Waals surface area contributed by atoms with E-state index in [2.05, 4.69) is 398 Å². The predicted octanol–water partition coefficient (Wildman–Crippen LogP) is 29.4. The van der Waals surface area contributed by atoms with Gasteiger partial charge in [0, 0.05) is 64.1 Å². The Morgan fingerprint density at radius 2 is 0.635 bits per heavy atom. The monoisotopic (exact) mass is 1360 g/mol. The Balaban J connectivity index is 0.657. The zero-order valence-corrected chi connectivity index (χ0v) is 58.5. The van der Waals surface area contributed by atoms with Crippen molar-refractivity contribution in [1.29, 1.82) is 0 Å². The molecule has 0 amide bonds. The zero-order chi connectivity index (χ0) is 69.0. The number of thiophene rings is 2. The largest absolute Gasteiger partial charge is 0.310 e. The molecule has 0 radical (unpaired) electrons. The first-order valence-corrected chi connectivity index (χ1v) is 37.1. The molecule has 2 aromatic heterocycles. The SMILES string of the molecule is C=C(/C=C\C=C\c1cccc(-c2cccc(-c3c(-c4ccc(N(c5ccc(-c6ccccc6)cc5)c5ccc6c(c5)sc5ccccc56)cc4)c4ccccc4c4ccccc34)c2)c1)N(c1ccc(-c2c(-c3ccccc3)c3ccccc3c3ccccc23)cc1)c1cccc2c1sc1ccccc12. The molecule has 0 bridgehead atoms. The molecule has 0 aliphatic rings. The lowest BCUT2D eigenvalue weighted by molar-refractivity contribution is 1.23. The van der Waals surface area contributed by atoms with Crippen LogP contribution in [-0.4, -0.2) is 0 Å². The summed E-state index contributed by atoms with van der Waals surface area (Å²) in [6.07, 6.45) is 8.60. The molecule has 17 aromatic carbocycles. The Morgan fingerprint density at radius 3 is 1.21 bits per heavy atom. The molecule has 19 aromatic rings. The van der Waals surface area contributed by atoms with E-state index in [4.69, 9.17) is 6.58 Å². The van der Waals surface area contributed by atoms with Crippen LogP contribution in [0.15, 0.2) is 394 Å². The second-order valence-corrected chi connectivity index (χ2v) is 28.8. The number of benzene rings is 17. The third-order valence-electron chi connectivity index (χ3n) is 20.6. The summed E-state index contributed by atoms with van der Waals surface area (Å²) in [4.78, 5) is 4.73. The minimum atomic E-state index is 0.850. The van der Waals surface area contributed by atoms with E-state index < -0.39 is 0 Å². The highest BCUT2D eigenvalue weighted by Crippen LogP contribution is 2.50. The lowest BCUT2D eigenvalue weighted by atomic mass is 9.84. The summed E-state index contributed by atoms with van der Waals surface area (Å²) in [5.74, 6) is 0. The molecule has 0 N–H and O–H groups in total. The highest BCUT2D eigenvalue weighted by atomic mass is 32.1. The molecular weight excluding hydrogens is 1290 g/mol. The maximum atomic E-state index is 4.84. The van der Waals surface area contributed by atoms with Crippen LogP contribution in [-0.2, 0) is 0 Å². The Kier molecular flexibility index (Phi) is 15.8. The van der Waals surface area contributed by atoms with Crippen LogP contribution in [0.25, 0.3) is 156 Å². The minimum Gasteiger partial charge on any atom is -0.310 e. The molecule has 0 saturated carbocycles. The Hall–Kier alpha value is -13.0. The molecule has 0 aliphatic carbocycles. The van der Waals surface area contributed by atoms with Gasteiger partial charge in [-0.3, -0.25) is 0 Å². The number of rotatable bonds is 15. The van der Waals surface area contributed by atoms with Gasteiger partial charge < -0.3 is 9.80 Å². The second-order valence-electron chi connectivity index (χ2n) is 26.7. The van der Waals surface area contributed by atoms with Gasteiger partial charge in [0.2, 0.25) is 0 Å². The number of fused-ring (bicyclic) bond motifs is 12. The molecule has 0 aliphatic heterocycles. The highest BCUT2D eigenvalue weighted by molar-refractivity contribution is 7.26. The van der Waals surface area contributed by atoms with Gasteiger partial charge in [0.25, 0.3) is 0 Å². The van der Waals surface area contributed by atoms with Gasteiger partial charge in [-0.1, -0.05) is 310 Å². The van der Waals surface area contributed by atoms with Crippen LogP contribution in [0, 0.1) is 0 Å². The van der Waals surface area contributed by atoms with Crippen molar-refractivity contribution in [2.45, 2.75) is 0 Å². The van der Waals surface area contributed by atoms with E-state index in [1.807, 2.05) is 22.7 Å². The van der Waals surface area contributed by atoms with Gasteiger partial charge in [0.1, 0.15) is 0 Å². The molecule has 0 unspecified atom stereocenters. The van der Waals surface area contributed by atoms with Crippen LogP contribution in [0.4, 0.5) is 28.4 Å². The van der Waals surface area contributed by atoms with Crippen LogP contribution < -0.4 is 9.80 Å². The van der Waals surface area contributed by atoms with Crippen molar-refractivity contribution < 1.29 is 0 Å². The van der Waals surface area contributed by atoms with Crippen LogP contribution >= 0.6 is 22.7 Å². The van der Waals surface area contributed by atoms with Gasteiger partial charge >= 0.3 is 0 Å². The molecule has 488 valence electrons. The lowest BCUT2D eigenvalue weighted by Crippen LogP contribution is -2.14. The summed E-state index contributed by atoms with van der Waals surface area (Å²) in [5, 5.41) is 14.9. The molecule has 2 heterocycles. The number of hydrogen-bond acceptors (Lipinski definition) is 4. The molecule has 4 heteroatoms. The van der Waals surface area contributed by atoms with Crippen molar-refractivity contribution in [1.82, 2.24) is 0 Å². The molecule has 0 spiro atoms. The van der Waals surface area contributed by atoms with Gasteiger partial charge in [-0.15, -0.1) is 22.7 Å². The number of hydrogen-bond donors (Lipinski definition) is 0. The summed E-state index contributed by atoms with van der Waals surface area (Å²) in [7, 11) is 0. The maximum absolute atomic E-state index is 4.84. The minimum absolute atomic E-state index is 0.850. The van der Waals surface area contributed by atoms with Crippen LogP contribution in [0.1, 0.15) is 5.56 Å². The summed E-state index contributed by atoms with van der Waals surface area (Å²) in [6.45, 7) is 4.84. The maximum Gasteiger partial charge on any atom is 0.0640 e. The third kappa shape index (κ3) is 11.1. The van der Waals surface area contributed by atoms with Gasteiger partial charge in [-0.2, -0.15) is 0 Å². The van der Waals surface area contributed by atoms with E-state index in [-0.39, 0.29) is 0 Å². The Labute approximate surface area is 612 Å². The van der Waals surface area contributed by atoms with Crippen molar-refractivity contribution in [2.24, 2.45) is 0 Å². The first-order valence-electron chi connectivity index (χ1n) is 35.5. The summed E-state index contributed by atoms with van der Waals surface area (Å²) in [6, 6.07) is 134. The van der Waals surface area contributed by atoms with Gasteiger partial charge in [-0.25, -0.2) is 0 Å². The summed E-state index contributed by atoms with van der Waals surface area (Å²) in [5.41, 5.74) is 21.6. The fourth-order valence-corrected chi connectivity index (χ4v) is 18.2. The van der Waals surface area contributed by atoms with Crippen molar-refractivity contribution >= 4 is 141 Å². The predicted molar refractivity (Wildman–Crippen MR) is 452 cm³/mol. The zero-order valence-electron chi connectivity index (χ0n) is 56.9. The van der Waals surface area contributed by atoms with Crippen molar-refractivity contribution in [2.75, 3.05) is 9.80 Å². The van der Waals surface area contributed by atoms with E-state index >= 15 is 0 Å². The van der Waals surface area contributed by atoms with Gasteiger partial charge in [0.15, 0.2) is 0 Å². The van der Waals surface area contributed by atoms with E-state index in [0.717, 1.165) is 67.5 Å². The first-order chi connectivity index (χ1) is 51.5. The Morgan fingerprint density at radius 1 is 0.250 bits per heavy atom. The molecule has 0 fully saturated rings. The molecule has 104 heavy (non-hydrogen) atoms.